The molecule has 1 heterocycles. The molecule has 0 spiro atoms. The van der Waals surface area contributed by atoms with Crippen LogP contribution >= 0.6 is 0 Å². The van der Waals surface area contributed by atoms with Gasteiger partial charge in [-0.25, -0.2) is 13.4 Å². The van der Waals surface area contributed by atoms with Crippen molar-refractivity contribution in [3.8, 4) is 0 Å². The van der Waals surface area contributed by atoms with Crippen LogP contribution in [0.1, 0.15) is 27.2 Å². The van der Waals surface area contributed by atoms with Gasteiger partial charge < -0.3 is 19.9 Å². The number of carbonyl (C=O) groups is 1. The zero-order valence-corrected chi connectivity index (χ0v) is 16.9. The molecule has 1 aliphatic rings. The lowest BCUT2D eigenvalue weighted by atomic mass is 10.2. The van der Waals surface area contributed by atoms with Crippen molar-refractivity contribution in [2.75, 3.05) is 59.2 Å². The zero-order chi connectivity index (χ0) is 19.1. The summed E-state index contributed by atoms with van der Waals surface area (Å²) in [5.74, 6) is 0.563. The molecule has 0 bridgehead atoms. The van der Waals surface area contributed by atoms with E-state index in [1.165, 1.54) is 4.90 Å². The number of aliphatic imine (C=N–C) groups is 1. The zero-order valence-electron chi connectivity index (χ0n) is 16.0. The number of likely N-dealkylation sites (N-methyl/N-ethyl adjacent to an activating group) is 1. The molecule has 1 aliphatic heterocycles. The lowest BCUT2D eigenvalue weighted by molar-refractivity contribution is -0.127. The number of amides is 1. The highest BCUT2D eigenvalue weighted by atomic mass is 32.2. The Morgan fingerprint density at radius 1 is 1.36 bits per heavy atom. The molecule has 1 N–H and O–H groups in total. The van der Waals surface area contributed by atoms with Gasteiger partial charge >= 0.3 is 0 Å². The summed E-state index contributed by atoms with van der Waals surface area (Å²) in [6.07, 6.45) is 0.810. The van der Waals surface area contributed by atoms with E-state index in [0.717, 1.165) is 6.42 Å². The van der Waals surface area contributed by atoms with E-state index in [9.17, 15) is 13.2 Å². The van der Waals surface area contributed by atoms with Gasteiger partial charge in [0.15, 0.2) is 15.8 Å². The number of guanidine groups is 1. The second kappa shape index (κ2) is 9.38. The lowest BCUT2D eigenvalue weighted by Gasteiger charge is -2.39. The van der Waals surface area contributed by atoms with Gasteiger partial charge in [-0.3, -0.25) is 4.79 Å². The van der Waals surface area contributed by atoms with Crippen molar-refractivity contribution >= 4 is 21.7 Å². The van der Waals surface area contributed by atoms with Crippen LogP contribution in [0.5, 0.6) is 0 Å². The quantitative estimate of drug-likeness (QED) is 0.381. The van der Waals surface area contributed by atoms with Crippen molar-refractivity contribution in [2.45, 2.75) is 31.9 Å². The average molecular weight is 377 g/mol. The number of carbonyl (C=O) groups excluding carboxylic acids is 1. The molecule has 0 aromatic carbocycles. The molecule has 146 valence electrons. The van der Waals surface area contributed by atoms with Crippen LogP contribution in [0.4, 0.5) is 0 Å². The van der Waals surface area contributed by atoms with Crippen LogP contribution in [-0.4, -0.2) is 94.1 Å². The molecule has 0 aliphatic carbocycles. The van der Waals surface area contributed by atoms with Crippen molar-refractivity contribution in [1.29, 1.82) is 0 Å². The molecule has 0 unspecified atom stereocenters. The Bertz CT molecular complexity index is 573. The van der Waals surface area contributed by atoms with E-state index in [0.29, 0.717) is 38.8 Å². The van der Waals surface area contributed by atoms with Crippen molar-refractivity contribution in [2.24, 2.45) is 4.99 Å². The van der Waals surface area contributed by atoms with Crippen molar-refractivity contribution < 1.29 is 17.9 Å². The predicted octanol–water partition coefficient (Wildman–Crippen LogP) is -0.0442. The van der Waals surface area contributed by atoms with Crippen LogP contribution in [0, 0.1) is 0 Å². The Labute approximate surface area is 151 Å². The molecule has 25 heavy (non-hydrogen) atoms. The predicted molar refractivity (Wildman–Crippen MR) is 99.5 cm³/mol. The highest BCUT2D eigenvalue weighted by Gasteiger charge is 2.41. The molecule has 0 atom stereocenters. The minimum absolute atomic E-state index is 0.0322. The van der Waals surface area contributed by atoms with E-state index in [2.05, 4.69) is 10.3 Å². The van der Waals surface area contributed by atoms with E-state index >= 15 is 0 Å². The third kappa shape index (κ3) is 6.47. The number of ether oxygens (including phenoxy) is 1. The molecule has 0 radical (unpaired) electrons. The van der Waals surface area contributed by atoms with Crippen LogP contribution < -0.4 is 5.32 Å². The lowest BCUT2D eigenvalue weighted by Crippen LogP contribution is -2.57. The first kappa shape index (κ1) is 21.7. The molecule has 0 aromatic heterocycles. The fourth-order valence-electron chi connectivity index (χ4n) is 2.39. The Morgan fingerprint density at radius 3 is 2.60 bits per heavy atom. The fraction of sp³-hybridized carbons (Fsp3) is 0.875. The highest BCUT2D eigenvalue weighted by Crippen LogP contribution is 2.23. The summed E-state index contributed by atoms with van der Waals surface area (Å²) in [6, 6.07) is 0. The Kier molecular flexibility index (Phi) is 8.14. The Morgan fingerprint density at radius 2 is 2.04 bits per heavy atom. The normalized spacial score (nSPS) is 19.6. The standard InChI is InChI=1S/C16H32N4O4S/c1-6-24-10-7-8-17-15(18-12-14(21)19(4)5)20-9-11-25(22,23)16(2,3)13-20/h6-13H2,1-5H3,(H,17,18). The summed E-state index contributed by atoms with van der Waals surface area (Å²) in [5.41, 5.74) is 0. The average Bonchev–Trinajstić information content (AvgIpc) is 2.52. The minimum Gasteiger partial charge on any atom is -0.382 e. The van der Waals surface area contributed by atoms with Gasteiger partial charge in [0.1, 0.15) is 6.54 Å². The summed E-state index contributed by atoms with van der Waals surface area (Å²) in [7, 11) is 0.244. The van der Waals surface area contributed by atoms with Gasteiger partial charge in [-0.1, -0.05) is 0 Å². The molecule has 1 amide bonds. The molecule has 1 rings (SSSR count). The molecular formula is C16H32N4O4S. The number of nitrogens with zero attached hydrogens (tertiary/aromatic N) is 3. The number of rotatable bonds is 7. The maximum absolute atomic E-state index is 12.2. The van der Waals surface area contributed by atoms with Crippen LogP contribution in [0.25, 0.3) is 0 Å². The SMILES string of the molecule is CCOCCCNC(=NCC(=O)N(C)C)N1CCS(=O)(=O)C(C)(C)C1. The first-order valence-electron chi connectivity index (χ1n) is 8.64. The molecule has 0 aromatic rings. The second-order valence-corrected chi connectivity index (χ2v) is 9.65. The van der Waals surface area contributed by atoms with Crippen LogP contribution in [0.15, 0.2) is 4.99 Å². The first-order chi connectivity index (χ1) is 11.6. The number of nitrogens with one attached hydrogen (secondary N) is 1. The van der Waals surface area contributed by atoms with Gasteiger partial charge in [0.2, 0.25) is 5.91 Å². The third-order valence-electron chi connectivity index (χ3n) is 4.16. The summed E-state index contributed by atoms with van der Waals surface area (Å²) in [5, 5.41) is 3.24. The molecule has 9 heteroatoms. The monoisotopic (exact) mass is 376 g/mol. The number of sulfone groups is 1. The highest BCUT2D eigenvalue weighted by molar-refractivity contribution is 7.92. The van der Waals surface area contributed by atoms with Crippen LogP contribution in [0.2, 0.25) is 0 Å². The molecular weight excluding hydrogens is 344 g/mol. The molecule has 1 saturated heterocycles. The van der Waals surface area contributed by atoms with E-state index in [4.69, 9.17) is 4.74 Å². The number of hydrogen-bond donors (Lipinski definition) is 1. The Hall–Kier alpha value is -1.35. The van der Waals surface area contributed by atoms with E-state index < -0.39 is 14.6 Å². The van der Waals surface area contributed by atoms with Gasteiger partial charge in [-0.2, -0.15) is 0 Å². The largest absolute Gasteiger partial charge is 0.382 e. The van der Waals surface area contributed by atoms with Crippen LogP contribution in [0.3, 0.4) is 0 Å². The summed E-state index contributed by atoms with van der Waals surface area (Å²) < 4.78 is 28.9. The first-order valence-corrected chi connectivity index (χ1v) is 10.3. The summed E-state index contributed by atoms with van der Waals surface area (Å²) in [6.45, 7) is 8.14. The van der Waals surface area contributed by atoms with Gasteiger partial charge in [0.25, 0.3) is 0 Å². The van der Waals surface area contributed by atoms with Gasteiger partial charge in [-0.15, -0.1) is 0 Å². The van der Waals surface area contributed by atoms with E-state index in [1.54, 1.807) is 27.9 Å². The second-order valence-electron chi connectivity index (χ2n) is 6.91. The van der Waals surface area contributed by atoms with Gasteiger partial charge in [0.05, 0.1) is 10.5 Å². The van der Waals surface area contributed by atoms with Crippen molar-refractivity contribution in [3.05, 3.63) is 0 Å². The fourth-order valence-corrected chi connectivity index (χ4v) is 3.76. The summed E-state index contributed by atoms with van der Waals surface area (Å²) in [4.78, 5) is 19.6. The van der Waals surface area contributed by atoms with Gasteiger partial charge in [-0.05, 0) is 27.2 Å². The van der Waals surface area contributed by atoms with E-state index in [1.807, 2.05) is 11.8 Å². The Balaban J connectivity index is 2.79. The summed E-state index contributed by atoms with van der Waals surface area (Å²) >= 11 is 0. The number of hydrogen-bond acceptors (Lipinski definition) is 5. The smallest absolute Gasteiger partial charge is 0.243 e. The van der Waals surface area contributed by atoms with Crippen molar-refractivity contribution in [3.63, 3.8) is 0 Å². The van der Waals surface area contributed by atoms with Crippen LogP contribution in [-0.2, 0) is 19.4 Å². The third-order valence-corrected chi connectivity index (χ3v) is 6.69. The topological polar surface area (TPSA) is 91.3 Å². The maximum Gasteiger partial charge on any atom is 0.243 e. The van der Waals surface area contributed by atoms with E-state index in [-0.39, 0.29) is 18.2 Å². The minimum atomic E-state index is -3.12. The molecule has 0 saturated carbocycles. The molecule has 1 fully saturated rings. The maximum atomic E-state index is 12.2. The molecule has 8 nitrogen and oxygen atoms in total. The van der Waals surface area contributed by atoms with Crippen molar-refractivity contribution in [1.82, 2.24) is 15.1 Å². The van der Waals surface area contributed by atoms with Gasteiger partial charge in [0, 0.05) is 46.9 Å².